The van der Waals surface area contributed by atoms with E-state index in [0.29, 0.717) is 35.2 Å². The second kappa shape index (κ2) is 12.2. The highest BCUT2D eigenvalue weighted by Gasteiger charge is 2.34. The molecule has 1 fully saturated rings. The number of halogens is 1. The molecule has 0 aromatic heterocycles. The number of carbonyl (C=O) groups is 2. The van der Waals surface area contributed by atoms with E-state index in [-0.39, 0.29) is 10.2 Å². The zero-order valence-corrected chi connectivity index (χ0v) is 21.6. The normalized spacial score (nSPS) is 14.6. The summed E-state index contributed by atoms with van der Waals surface area (Å²) in [5.74, 6) is 0.456. The summed E-state index contributed by atoms with van der Waals surface area (Å²) in [5, 5.41) is 1.10. The fourth-order valence-electron chi connectivity index (χ4n) is 3.07. The molecule has 1 aliphatic heterocycles. The number of nitrogens with zero attached hydrogens (tertiary/aromatic N) is 1. The number of rotatable bonds is 10. The number of carbonyl (C=O) groups excluding carboxylic acids is 2. The van der Waals surface area contributed by atoms with Gasteiger partial charge in [0.25, 0.3) is 11.8 Å². The number of ether oxygens (including phenoxy) is 2. The second-order valence-corrected chi connectivity index (χ2v) is 9.67. The number of hydrazine groups is 1. The lowest BCUT2D eigenvalue weighted by molar-refractivity contribution is -0.123. The highest BCUT2D eigenvalue weighted by molar-refractivity contribution is 9.10. The van der Waals surface area contributed by atoms with Gasteiger partial charge < -0.3 is 9.47 Å². The van der Waals surface area contributed by atoms with Gasteiger partial charge in [0.15, 0.2) is 15.8 Å². The molecule has 9 heteroatoms. The van der Waals surface area contributed by atoms with Gasteiger partial charge in [-0.15, -0.1) is 0 Å². The number of benzene rings is 2. The lowest BCUT2D eigenvalue weighted by Crippen LogP contribution is -2.44. The molecule has 3 rings (SSSR count). The molecule has 1 N–H and O–H groups in total. The molecular weight excluding hydrogens is 524 g/mol. The van der Waals surface area contributed by atoms with E-state index >= 15 is 0 Å². The highest BCUT2D eigenvalue weighted by Crippen LogP contribution is 2.39. The average Bonchev–Trinajstić information content (AvgIpc) is 3.06. The monoisotopic (exact) mass is 548 g/mol. The van der Waals surface area contributed by atoms with E-state index in [2.05, 4.69) is 28.3 Å². The standard InChI is InChI=1S/C24H25BrN2O4S2/c1-3-5-9-12-31-21-18(25)13-16(14-19(21)30-4-2)15-20-23(29)27(24(32)33-20)26-22(28)17-10-7-6-8-11-17/h6-8,10-11,13-15H,3-5,9,12H2,1-2H3,(H,26,28)/b20-15-. The summed E-state index contributed by atoms with van der Waals surface area (Å²) in [6.45, 7) is 5.13. The minimum Gasteiger partial charge on any atom is -0.490 e. The van der Waals surface area contributed by atoms with Crippen LogP contribution in [0, 0.1) is 0 Å². The van der Waals surface area contributed by atoms with Gasteiger partial charge in [-0.3, -0.25) is 15.0 Å². The molecule has 1 aliphatic rings. The minimum atomic E-state index is -0.404. The van der Waals surface area contributed by atoms with E-state index in [0.717, 1.165) is 46.1 Å². The van der Waals surface area contributed by atoms with Crippen LogP contribution in [0.2, 0.25) is 0 Å². The van der Waals surface area contributed by atoms with Gasteiger partial charge in [-0.2, -0.15) is 5.01 Å². The van der Waals surface area contributed by atoms with E-state index in [1.165, 1.54) is 0 Å². The predicted octanol–water partition coefficient (Wildman–Crippen LogP) is 5.96. The van der Waals surface area contributed by atoms with E-state index in [4.69, 9.17) is 21.7 Å². The van der Waals surface area contributed by atoms with Gasteiger partial charge in [-0.05, 0) is 77.4 Å². The van der Waals surface area contributed by atoms with Crippen LogP contribution in [0.25, 0.3) is 6.08 Å². The number of unbranched alkanes of at least 4 members (excludes halogenated alkanes) is 2. The van der Waals surface area contributed by atoms with Gasteiger partial charge in [0, 0.05) is 5.56 Å². The molecule has 1 saturated heterocycles. The molecule has 33 heavy (non-hydrogen) atoms. The molecule has 0 spiro atoms. The van der Waals surface area contributed by atoms with Crippen molar-refractivity contribution in [3.8, 4) is 11.5 Å². The van der Waals surface area contributed by atoms with Crippen molar-refractivity contribution < 1.29 is 19.1 Å². The summed E-state index contributed by atoms with van der Waals surface area (Å²) in [7, 11) is 0. The van der Waals surface area contributed by atoms with Crippen molar-refractivity contribution in [3.05, 3.63) is 63.0 Å². The van der Waals surface area contributed by atoms with Gasteiger partial charge in [-0.25, -0.2) is 0 Å². The third-order valence-electron chi connectivity index (χ3n) is 4.67. The van der Waals surface area contributed by atoms with Crippen molar-refractivity contribution in [3.63, 3.8) is 0 Å². The van der Waals surface area contributed by atoms with Crippen molar-refractivity contribution in [1.29, 1.82) is 0 Å². The summed E-state index contributed by atoms with van der Waals surface area (Å²) < 4.78 is 12.7. The zero-order valence-electron chi connectivity index (χ0n) is 18.4. The first-order chi connectivity index (χ1) is 15.9. The Bertz CT molecular complexity index is 1060. The third-order valence-corrected chi connectivity index (χ3v) is 6.56. The summed E-state index contributed by atoms with van der Waals surface area (Å²) in [6.07, 6.45) is 4.91. The molecule has 0 atom stereocenters. The van der Waals surface area contributed by atoms with E-state index in [9.17, 15) is 9.59 Å². The van der Waals surface area contributed by atoms with Crippen LogP contribution < -0.4 is 14.9 Å². The number of hydrogen-bond acceptors (Lipinski definition) is 6. The third kappa shape index (κ3) is 6.59. The maximum atomic E-state index is 12.9. The van der Waals surface area contributed by atoms with Crippen LogP contribution in [0.15, 0.2) is 51.8 Å². The van der Waals surface area contributed by atoms with Gasteiger partial charge in [0.1, 0.15) is 0 Å². The number of nitrogens with one attached hydrogen (secondary N) is 1. The SMILES string of the molecule is CCCCCOc1c(Br)cc(/C=C2\SC(=S)N(NC(=O)c3ccccc3)C2=O)cc1OCC. The Hall–Kier alpha value is -2.36. The Morgan fingerprint density at radius 3 is 2.64 bits per heavy atom. The van der Waals surface area contributed by atoms with Crippen LogP contribution >= 0.6 is 39.9 Å². The lowest BCUT2D eigenvalue weighted by atomic mass is 10.2. The molecule has 0 unspecified atom stereocenters. The van der Waals surface area contributed by atoms with Crippen LogP contribution in [-0.2, 0) is 4.79 Å². The fourth-order valence-corrected chi connectivity index (χ4v) is 4.83. The Kier molecular flexibility index (Phi) is 9.34. The Balaban J connectivity index is 1.78. The van der Waals surface area contributed by atoms with E-state index in [1.807, 2.05) is 25.1 Å². The van der Waals surface area contributed by atoms with Crippen molar-refractivity contribution in [1.82, 2.24) is 10.4 Å². The summed E-state index contributed by atoms with van der Waals surface area (Å²) in [5.41, 5.74) is 3.78. The number of hydrogen-bond donors (Lipinski definition) is 1. The first-order valence-electron chi connectivity index (χ1n) is 10.7. The summed E-state index contributed by atoms with van der Waals surface area (Å²) in [6, 6.07) is 12.4. The first-order valence-corrected chi connectivity index (χ1v) is 12.7. The first kappa shape index (κ1) is 25.3. The number of amides is 2. The molecule has 174 valence electrons. The van der Waals surface area contributed by atoms with Crippen molar-refractivity contribution in [2.75, 3.05) is 13.2 Å². The topological polar surface area (TPSA) is 67.9 Å². The van der Waals surface area contributed by atoms with Crippen molar-refractivity contribution >= 4 is 62.1 Å². The van der Waals surface area contributed by atoms with Crippen LogP contribution in [0.3, 0.4) is 0 Å². The molecule has 0 radical (unpaired) electrons. The number of thioether (sulfide) groups is 1. The van der Waals surface area contributed by atoms with Gasteiger partial charge in [-0.1, -0.05) is 49.7 Å². The molecule has 0 saturated carbocycles. The second-order valence-electron chi connectivity index (χ2n) is 7.14. The Labute approximate surface area is 211 Å². The average molecular weight is 550 g/mol. The van der Waals surface area contributed by atoms with Gasteiger partial charge >= 0.3 is 0 Å². The number of thiocarbonyl (C=S) groups is 1. The Morgan fingerprint density at radius 2 is 1.94 bits per heavy atom. The van der Waals surface area contributed by atoms with Crippen LogP contribution in [0.1, 0.15) is 49.0 Å². The molecule has 0 aliphatic carbocycles. The maximum Gasteiger partial charge on any atom is 0.285 e. The maximum absolute atomic E-state index is 12.9. The molecule has 2 aromatic carbocycles. The van der Waals surface area contributed by atoms with Crippen LogP contribution in [0.5, 0.6) is 11.5 Å². The highest BCUT2D eigenvalue weighted by atomic mass is 79.9. The quantitative estimate of drug-likeness (QED) is 0.224. The fraction of sp³-hybridized carbons (Fsp3) is 0.292. The van der Waals surface area contributed by atoms with Gasteiger partial charge in [0.05, 0.1) is 22.6 Å². The van der Waals surface area contributed by atoms with Crippen LogP contribution in [0.4, 0.5) is 0 Å². The minimum absolute atomic E-state index is 0.260. The molecule has 2 amide bonds. The van der Waals surface area contributed by atoms with E-state index < -0.39 is 5.91 Å². The molecule has 0 bridgehead atoms. The molecular formula is C24H25BrN2O4S2. The van der Waals surface area contributed by atoms with Crippen LogP contribution in [-0.4, -0.2) is 34.4 Å². The largest absolute Gasteiger partial charge is 0.490 e. The molecule has 6 nitrogen and oxygen atoms in total. The van der Waals surface area contributed by atoms with E-state index in [1.54, 1.807) is 30.3 Å². The smallest absolute Gasteiger partial charge is 0.285 e. The zero-order chi connectivity index (χ0) is 23.8. The Morgan fingerprint density at radius 1 is 1.18 bits per heavy atom. The summed E-state index contributed by atoms with van der Waals surface area (Å²) >= 11 is 10.0. The molecule has 2 aromatic rings. The predicted molar refractivity (Wildman–Crippen MR) is 139 cm³/mol. The molecule has 1 heterocycles. The summed E-state index contributed by atoms with van der Waals surface area (Å²) in [4.78, 5) is 25.8. The van der Waals surface area contributed by atoms with Gasteiger partial charge in [0.2, 0.25) is 0 Å². The lowest BCUT2D eigenvalue weighted by Gasteiger charge is -2.15. The van der Waals surface area contributed by atoms with Crippen molar-refractivity contribution in [2.24, 2.45) is 0 Å². The van der Waals surface area contributed by atoms with Crippen molar-refractivity contribution in [2.45, 2.75) is 33.1 Å².